The van der Waals surface area contributed by atoms with Crippen molar-refractivity contribution < 1.29 is 17.6 Å². The second-order valence-electron chi connectivity index (χ2n) is 10.1. The largest absolute Gasteiger partial charge is 0.353 e. The Morgan fingerprint density at radius 2 is 1.69 bits per heavy atom. The number of aryl methyl sites for hydroxylation is 1. The molecule has 7 heteroatoms. The van der Waals surface area contributed by atoms with Crippen molar-refractivity contribution in [1.29, 1.82) is 0 Å². The predicted octanol–water partition coefficient (Wildman–Crippen LogP) is 3.52. The van der Waals surface area contributed by atoms with E-state index in [2.05, 4.69) is 10.0 Å². The third-order valence-corrected chi connectivity index (χ3v) is 8.85. The molecule has 5 nitrogen and oxygen atoms in total. The maximum Gasteiger partial charge on any atom is 0.241 e. The van der Waals surface area contributed by atoms with Gasteiger partial charge >= 0.3 is 0 Å². The maximum atomic E-state index is 13.3. The van der Waals surface area contributed by atoms with Gasteiger partial charge in [-0.3, -0.25) is 4.79 Å². The van der Waals surface area contributed by atoms with Gasteiger partial charge < -0.3 is 5.32 Å². The van der Waals surface area contributed by atoms with Crippen LogP contribution in [0.15, 0.2) is 23.1 Å². The lowest BCUT2D eigenvalue weighted by Gasteiger charge is -2.54. The third kappa shape index (κ3) is 4.36. The van der Waals surface area contributed by atoms with Gasteiger partial charge in [0.1, 0.15) is 5.82 Å². The molecule has 0 atom stereocenters. The highest BCUT2D eigenvalue weighted by Gasteiger charge is 2.48. The molecular weight excluding hydrogens is 391 g/mol. The van der Waals surface area contributed by atoms with Gasteiger partial charge in [-0.25, -0.2) is 17.5 Å². The molecule has 0 unspecified atom stereocenters. The number of hydrogen-bond donors (Lipinski definition) is 2. The van der Waals surface area contributed by atoms with Gasteiger partial charge in [0.05, 0.1) is 4.90 Å². The molecule has 0 saturated heterocycles. The number of hydrogen-bond acceptors (Lipinski definition) is 3. The van der Waals surface area contributed by atoms with Gasteiger partial charge in [0.25, 0.3) is 0 Å². The lowest BCUT2D eigenvalue weighted by molar-refractivity contribution is -0.126. The van der Waals surface area contributed by atoms with Crippen LogP contribution >= 0.6 is 0 Å². The first-order chi connectivity index (χ1) is 13.5. The third-order valence-electron chi connectivity index (χ3n) is 6.99. The van der Waals surface area contributed by atoms with Gasteiger partial charge in [0.15, 0.2) is 0 Å². The molecule has 5 rings (SSSR count). The van der Waals surface area contributed by atoms with Gasteiger partial charge in [-0.05, 0) is 100 Å². The van der Waals surface area contributed by atoms with Crippen LogP contribution in [-0.2, 0) is 14.8 Å². The summed E-state index contributed by atoms with van der Waals surface area (Å²) in [5, 5.41) is 3.24. The fourth-order valence-electron chi connectivity index (χ4n) is 6.17. The van der Waals surface area contributed by atoms with Gasteiger partial charge in [-0.1, -0.05) is 0 Å². The molecule has 1 aromatic carbocycles. The average molecular weight is 423 g/mol. The molecule has 1 amide bonds. The Labute approximate surface area is 172 Å². The van der Waals surface area contributed by atoms with E-state index in [1.54, 1.807) is 20.8 Å². The Balaban J connectivity index is 1.40. The maximum absolute atomic E-state index is 13.3. The zero-order valence-corrected chi connectivity index (χ0v) is 18.2. The molecule has 4 fully saturated rings. The van der Waals surface area contributed by atoms with Crippen molar-refractivity contribution in [3.63, 3.8) is 0 Å². The van der Waals surface area contributed by atoms with E-state index in [0.717, 1.165) is 17.9 Å². The number of nitrogens with one attached hydrogen (secondary N) is 2. The summed E-state index contributed by atoms with van der Waals surface area (Å²) in [5.41, 5.74) is -0.610. The number of amides is 1. The van der Waals surface area contributed by atoms with Crippen molar-refractivity contribution in [3.05, 3.63) is 29.6 Å². The predicted molar refractivity (Wildman–Crippen MR) is 109 cm³/mol. The molecule has 1 aromatic rings. The Kier molecular flexibility index (Phi) is 5.26. The van der Waals surface area contributed by atoms with Crippen molar-refractivity contribution in [2.75, 3.05) is 0 Å². The zero-order chi connectivity index (χ0) is 21.0. The summed E-state index contributed by atoms with van der Waals surface area (Å²) in [6, 6.07) is 3.83. The SMILES string of the molecule is Cc1cc(F)ccc1S(=O)(=O)NC(C)(C)CC(=O)NC1C2CC3CC(C2)CC1C3. The van der Waals surface area contributed by atoms with E-state index < -0.39 is 21.4 Å². The second kappa shape index (κ2) is 7.34. The molecule has 0 aliphatic heterocycles. The lowest BCUT2D eigenvalue weighted by atomic mass is 9.54. The van der Waals surface area contributed by atoms with Crippen LogP contribution in [0.4, 0.5) is 4.39 Å². The van der Waals surface area contributed by atoms with Gasteiger partial charge in [-0.15, -0.1) is 0 Å². The Hall–Kier alpha value is -1.47. The van der Waals surface area contributed by atoms with E-state index in [0.29, 0.717) is 17.4 Å². The lowest BCUT2D eigenvalue weighted by Crippen LogP contribution is -2.57. The Bertz CT molecular complexity index is 885. The summed E-state index contributed by atoms with van der Waals surface area (Å²) >= 11 is 0. The molecule has 2 N–H and O–H groups in total. The van der Waals surface area contributed by atoms with Crippen molar-refractivity contribution in [3.8, 4) is 0 Å². The highest BCUT2D eigenvalue weighted by Crippen LogP contribution is 2.53. The quantitative estimate of drug-likeness (QED) is 0.737. The monoisotopic (exact) mass is 422 g/mol. The van der Waals surface area contributed by atoms with Gasteiger partial charge in [-0.2, -0.15) is 0 Å². The van der Waals surface area contributed by atoms with Crippen LogP contribution in [0, 0.1) is 36.4 Å². The van der Waals surface area contributed by atoms with Crippen LogP contribution in [0.1, 0.15) is 57.9 Å². The van der Waals surface area contributed by atoms with Crippen molar-refractivity contribution in [2.24, 2.45) is 23.7 Å². The molecule has 4 aliphatic rings. The van der Waals surface area contributed by atoms with Crippen LogP contribution in [0.25, 0.3) is 0 Å². The van der Waals surface area contributed by atoms with Crippen molar-refractivity contribution in [1.82, 2.24) is 10.0 Å². The fourth-order valence-corrected chi connectivity index (χ4v) is 7.81. The van der Waals surface area contributed by atoms with Gasteiger partial charge in [0.2, 0.25) is 15.9 Å². The zero-order valence-electron chi connectivity index (χ0n) is 17.4. The standard InChI is InChI=1S/C22H31FN2O3S/c1-13-6-18(23)4-5-19(13)29(27,28)25-22(2,3)12-20(26)24-21-16-8-14-7-15(10-16)11-17(21)9-14/h4-6,14-17,21,25H,7-12H2,1-3H3,(H,24,26). The molecular formula is C22H31FN2O3S. The molecule has 29 heavy (non-hydrogen) atoms. The van der Waals surface area contributed by atoms with Crippen molar-refractivity contribution >= 4 is 15.9 Å². The molecule has 0 spiro atoms. The molecule has 0 aromatic heterocycles. The number of benzene rings is 1. The minimum absolute atomic E-state index is 0.0356. The number of carbonyl (C=O) groups is 1. The van der Waals surface area contributed by atoms with Gasteiger partial charge in [0, 0.05) is 18.0 Å². The summed E-state index contributed by atoms with van der Waals surface area (Å²) in [4.78, 5) is 12.8. The molecule has 160 valence electrons. The fraction of sp³-hybridized carbons (Fsp3) is 0.682. The van der Waals surface area contributed by atoms with Crippen molar-refractivity contribution in [2.45, 2.75) is 75.8 Å². The Morgan fingerprint density at radius 1 is 1.10 bits per heavy atom. The van der Waals surface area contributed by atoms with E-state index in [1.807, 2.05) is 0 Å². The summed E-state index contributed by atoms with van der Waals surface area (Å²) in [6.07, 6.45) is 6.31. The first kappa shape index (κ1) is 20.8. The van der Waals surface area contributed by atoms with Crippen LogP contribution in [-0.4, -0.2) is 25.9 Å². The number of sulfonamides is 1. The Morgan fingerprint density at radius 3 is 2.24 bits per heavy atom. The average Bonchev–Trinajstić information content (AvgIpc) is 2.55. The number of carbonyl (C=O) groups excluding carboxylic acids is 1. The second-order valence-corrected chi connectivity index (χ2v) is 11.8. The molecule has 4 bridgehead atoms. The highest BCUT2D eigenvalue weighted by atomic mass is 32.2. The van der Waals surface area contributed by atoms with Crippen LogP contribution < -0.4 is 10.0 Å². The van der Waals surface area contributed by atoms with E-state index in [1.165, 1.54) is 44.2 Å². The number of rotatable bonds is 6. The normalized spacial score (nSPS) is 31.1. The van der Waals surface area contributed by atoms with E-state index in [9.17, 15) is 17.6 Å². The first-order valence-electron chi connectivity index (χ1n) is 10.6. The summed E-state index contributed by atoms with van der Waals surface area (Å²) < 4.78 is 41.5. The summed E-state index contributed by atoms with van der Waals surface area (Å²) in [6.45, 7) is 4.98. The van der Waals surface area contributed by atoms with Crippen LogP contribution in [0.2, 0.25) is 0 Å². The molecule has 0 heterocycles. The van der Waals surface area contributed by atoms with Crippen LogP contribution in [0.5, 0.6) is 0 Å². The first-order valence-corrected chi connectivity index (χ1v) is 12.1. The smallest absolute Gasteiger partial charge is 0.241 e. The van der Waals surface area contributed by atoms with E-state index in [-0.39, 0.29) is 23.3 Å². The minimum atomic E-state index is -3.86. The summed E-state index contributed by atoms with van der Waals surface area (Å²) in [7, 11) is -3.86. The molecule has 4 aliphatic carbocycles. The topological polar surface area (TPSA) is 75.3 Å². The van der Waals surface area contributed by atoms with E-state index >= 15 is 0 Å². The highest BCUT2D eigenvalue weighted by molar-refractivity contribution is 7.89. The molecule has 0 radical (unpaired) electrons. The minimum Gasteiger partial charge on any atom is -0.353 e. The number of halogens is 1. The van der Waals surface area contributed by atoms with E-state index in [4.69, 9.17) is 0 Å². The summed E-state index contributed by atoms with van der Waals surface area (Å²) in [5.74, 6) is 2.26. The van der Waals surface area contributed by atoms with Crippen LogP contribution in [0.3, 0.4) is 0 Å². The molecule has 4 saturated carbocycles.